The molecule has 0 spiro atoms. The number of nitrogens with one attached hydrogen (secondary N) is 1. The number of oxazole rings is 1. The fraction of sp³-hybridized carbons (Fsp3) is 0.308. The molecule has 0 fully saturated rings. The summed E-state index contributed by atoms with van der Waals surface area (Å²) in [5.41, 5.74) is 1.82. The van der Waals surface area contributed by atoms with Crippen molar-refractivity contribution in [3.63, 3.8) is 0 Å². The second-order valence-corrected chi connectivity index (χ2v) is 3.70. The Bertz CT molecular complexity index is 480. The molecule has 1 aromatic carbocycles. The highest BCUT2D eigenvalue weighted by molar-refractivity contribution is 5.62. The van der Waals surface area contributed by atoms with Crippen molar-refractivity contribution in [3.05, 3.63) is 36.2 Å². The van der Waals surface area contributed by atoms with Gasteiger partial charge in [-0.15, -0.1) is 0 Å². The van der Waals surface area contributed by atoms with Crippen molar-refractivity contribution in [1.29, 1.82) is 0 Å². The molecule has 90 valence electrons. The third-order valence-corrected chi connectivity index (χ3v) is 2.52. The summed E-state index contributed by atoms with van der Waals surface area (Å²) in [5.74, 6) is 1.38. The zero-order valence-electron chi connectivity index (χ0n) is 10.1. The minimum atomic E-state index is 0.605. The molecule has 0 aliphatic heterocycles. The molecule has 0 bridgehead atoms. The number of hydrogen-bond donors (Lipinski definition) is 1. The van der Waals surface area contributed by atoms with Crippen molar-refractivity contribution in [3.8, 4) is 17.2 Å². The molecule has 1 heterocycles. The minimum absolute atomic E-state index is 0.605. The first-order valence-electron chi connectivity index (χ1n) is 5.57. The van der Waals surface area contributed by atoms with Crippen LogP contribution in [0.25, 0.3) is 11.5 Å². The third-order valence-electron chi connectivity index (χ3n) is 2.52. The van der Waals surface area contributed by atoms with Gasteiger partial charge >= 0.3 is 0 Å². The molecule has 0 saturated heterocycles. The second kappa shape index (κ2) is 5.50. The molecule has 0 unspecified atom stereocenters. The highest BCUT2D eigenvalue weighted by atomic mass is 16.5. The Morgan fingerprint density at radius 2 is 2.18 bits per heavy atom. The maximum atomic E-state index is 5.47. The van der Waals surface area contributed by atoms with Gasteiger partial charge in [0.05, 0.1) is 18.4 Å². The van der Waals surface area contributed by atoms with Gasteiger partial charge in [0, 0.05) is 13.0 Å². The number of rotatable bonds is 5. The summed E-state index contributed by atoms with van der Waals surface area (Å²) in [5, 5.41) is 3.08. The summed E-state index contributed by atoms with van der Waals surface area (Å²) in [6.07, 6.45) is 2.55. The summed E-state index contributed by atoms with van der Waals surface area (Å²) in [4.78, 5) is 4.44. The number of ether oxygens (including phenoxy) is 1. The van der Waals surface area contributed by atoms with Crippen molar-refractivity contribution >= 4 is 0 Å². The second-order valence-electron chi connectivity index (χ2n) is 3.70. The summed E-state index contributed by atoms with van der Waals surface area (Å²) in [6.45, 7) is 0.887. The number of para-hydroxylation sites is 1. The molecule has 0 saturated carbocycles. The van der Waals surface area contributed by atoms with Crippen molar-refractivity contribution in [2.24, 2.45) is 0 Å². The fourth-order valence-corrected chi connectivity index (χ4v) is 1.62. The van der Waals surface area contributed by atoms with Crippen LogP contribution in [0.5, 0.6) is 5.75 Å². The molecule has 0 aliphatic rings. The van der Waals surface area contributed by atoms with Gasteiger partial charge < -0.3 is 14.5 Å². The van der Waals surface area contributed by atoms with Gasteiger partial charge in [-0.2, -0.15) is 0 Å². The quantitative estimate of drug-likeness (QED) is 0.857. The molecule has 1 aromatic heterocycles. The van der Waals surface area contributed by atoms with Crippen LogP contribution in [0.1, 0.15) is 5.69 Å². The first-order chi connectivity index (χ1) is 8.35. The van der Waals surface area contributed by atoms with Crippen LogP contribution >= 0.6 is 0 Å². The van der Waals surface area contributed by atoms with E-state index in [0.29, 0.717) is 5.89 Å². The van der Waals surface area contributed by atoms with Gasteiger partial charge in [-0.05, 0) is 19.2 Å². The van der Waals surface area contributed by atoms with Crippen molar-refractivity contribution in [1.82, 2.24) is 10.3 Å². The fourth-order valence-electron chi connectivity index (χ4n) is 1.62. The van der Waals surface area contributed by atoms with E-state index < -0.39 is 0 Å². The number of aromatic nitrogens is 1. The Labute approximate surface area is 101 Å². The van der Waals surface area contributed by atoms with Crippen LogP contribution in [0.15, 0.2) is 34.9 Å². The van der Waals surface area contributed by atoms with E-state index in [9.17, 15) is 0 Å². The Balaban J connectivity index is 2.24. The maximum absolute atomic E-state index is 5.47. The van der Waals surface area contributed by atoms with Gasteiger partial charge in [0.25, 0.3) is 0 Å². The zero-order valence-corrected chi connectivity index (χ0v) is 10.1. The Kier molecular flexibility index (Phi) is 3.77. The predicted molar refractivity (Wildman–Crippen MR) is 66.1 cm³/mol. The normalized spacial score (nSPS) is 10.5. The highest BCUT2D eigenvalue weighted by Crippen LogP contribution is 2.28. The molecule has 0 atom stereocenters. The highest BCUT2D eigenvalue weighted by Gasteiger charge is 2.10. The van der Waals surface area contributed by atoms with E-state index in [-0.39, 0.29) is 0 Å². The van der Waals surface area contributed by atoms with Gasteiger partial charge in [0.1, 0.15) is 12.0 Å². The smallest absolute Gasteiger partial charge is 0.229 e. The summed E-state index contributed by atoms with van der Waals surface area (Å²) in [6, 6.07) is 7.70. The molecular formula is C13H16N2O2. The van der Waals surface area contributed by atoms with E-state index in [0.717, 1.165) is 30.0 Å². The van der Waals surface area contributed by atoms with Gasteiger partial charge in [0.15, 0.2) is 0 Å². The molecule has 2 aromatic rings. The number of benzene rings is 1. The number of likely N-dealkylation sites (N-methyl/N-ethyl adjacent to an activating group) is 1. The number of methoxy groups -OCH3 is 1. The zero-order chi connectivity index (χ0) is 12.1. The molecule has 17 heavy (non-hydrogen) atoms. The largest absolute Gasteiger partial charge is 0.496 e. The summed E-state index contributed by atoms with van der Waals surface area (Å²) in [7, 11) is 3.56. The van der Waals surface area contributed by atoms with Gasteiger partial charge in [-0.1, -0.05) is 12.1 Å². The summed E-state index contributed by atoms with van der Waals surface area (Å²) >= 11 is 0. The lowest BCUT2D eigenvalue weighted by molar-refractivity contribution is 0.414. The average molecular weight is 232 g/mol. The first kappa shape index (κ1) is 11.7. The SMILES string of the molecule is CNCCc1coc(-c2ccccc2OC)n1. The predicted octanol–water partition coefficient (Wildman–Crippen LogP) is 2.11. The van der Waals surface area contributed by atoms with E-state index >= 15 is 0 Å². The van der Waals surface area contributed by atoms with E-state index in [1.54, 1.807) is 13.4 Å². The monoisotopic (exact) mass is 232 g/mol. The maximum Gasteiger partial charge on any atom is 0.229 e. The Hall–Kier alpha value is -1.81. The van der Waals surface area contributed by atoms with Crippen LogP contribution in [0.2, 0.25) is 0 Å². The Morgan fingerprint density at radius 3 is 2.94 bits per heavy atom. The van der Waals surface area contributed by atoms with Crippen LogP contribution in [0.3, 0.4) is 0 Å². The van der Waals surface area contributed by atoms with E-state index in [1.807, 2.05) is 31.3 Å². The van der Waals surface area contributed by atoms with Crippen molar-refractivity contribution in [2.75, 3.05) is 20.7 Å². The van der Waals surface area contributed by atoms with Gasteiger partial charge in [-0.3, -0.25) is 0 Å². The van der Waals surface area contributed by atoms with Crippen LogP contribution in [0, 0.1) is 0 Å². The number of nitrogens with zero attached hydrogens (tertiary/aromatic N) is 1. The van der Waals surface area contributed by atoms with E-state index in [4.69, 9.17) is 9.15 Å². The Morgan fingerprint density at radius 1 is 1.35 bits per heavy atom. The molecule has 4 nitrogen and oxygen atoms in total. The lowest BCUT2D eigenvalue weighted by atomic mass is 10.2. The molecule has 2 rings (SSSR count). The van der Waals surface area contributed by atoms with Crippen molar-refractivity contribution in [2.45, 2.75) is 6.42 Å². The molecule has 0 amide bonds. The lowest BCUT2D eigenvalue weighted by Gasteiger charge is -2.03. The molecule has 0 radical (unpaired) electrons. The third kappa shape index (κ3) is 2.65. The van der Waals surface area contributed by atoms with Crippen LogP contribution in [-0.4, -0.2) is 25.7 Å². The van der Waals surface area contributed by atoms with E-state index in [2.05, 4.69) is 10.3 Å². The van der Waals surface area contributed by atoms with Crippen LogP contribution in [-0.2, 0) is 6.42 Å². The van der Waals surface area contributed by atoms with Crippen LogP contribution in [0.4, 0.5) is 0 Å². The number of hydrogen-bond acceptors (Lipinski definition) is 4. The molecule has 0 aliphatic carbocycles. The molecule has 4 heteroatoms. The van der Waals surface area contributed by atoms with Crippen molar-refractivity contribution < 1.29 is 9.15 Å². The standard InChI is InChI=1S/C13H16N2O2/c1-14-8-7-10-9-17-13(15-10)11-5-3-4-6-12(11)16-2/h3-6,9,14H,7-8H2,1-2H3. The average Bonchev–Trinajstić information content (AvgIpc) is 2.85. The summed E-state index contributed by atoms with van der Waals surface area (Å²) < 4.78 is 10.7. The molecular weight excluding hydrogens is 216 g/mol. The van der Waals surface area contributed by atoms with Crippen LogP contribution < -0.4 is 10.1 Å². The minimum Gasteiger partial charge on any atom is -0.496 e. The van der Waals surface area contributed by atoms with Gasteiger partial charge in [0.2, 0.25) is 5.89 Å². The first-order valence-corrected chi connectivity index (χ1v) is 5.57. The lowest BCUT2D eigenvalue weighted by Crippen LogP contribution is -2.10. The molecule has 1 N–H and O–H groups in total. The van der Waals surface area contributed by atoms with E-state index in [1.165, 1.54) is 0 Å². The topological polar surface area (TPSA) is 47.3 Å². The van der Waals surface area contributed by atoms with Gasteiger partial charge in [-0.25, -0.2) is 4.98 Å².